The second-order valence-electron chi connectivity index (χ2n) is 12.6. The van der Waals surface area contributed by atoms with Gasteiger partial charge in [-0.2, -0.15) is 8.42 Å². The van der Waals surface area contributed by atoms with Crippen LogP contribution in [0.5, 0.6) is 0 Å². The Morgan fingerprint density at radius 1 is 0.535 bits per heavy atom. The van der Waals surface area contributed by atoms with Crippen LogP contribution in [-0.2, 0) is 19.7 Å². The van der Waals surface area contributed by atoms with Crippen LogP contribution < -0.4 is 0 Å². The molecule has 9 heteroatoms. The molecule has 0 heterocycles. The molecule has 7 nitrogen and oxygen atoms in total. The molecule has 0 aliphatic heterocycles. The molecule has 0 rings (SSSR count). The second kappa shape index (κ2) is 29.9. The van der Waals surface area contributed by atoms with Crippen molar-refractivity contribution in [3.8, 4) is 0 Å². The van der Waals surface area contributed by atoms with Gasteiger partial charge in [-0.3, -0.25) is 14.1 Å². The van der Waals surface area contributed by atoms with Crippen molar-refractivity contribution in [2.75, 3.05) is 0 Å². The maximum atomic E-state index is 12.4. The Morgan fingerprint density at radius 3 is 1.07 bits per heavy atom. The molecule has 0 aromatic carbocycles. The summed E-state index contributed by atoms with van der Waals surface area (Å²) in [6.45, 7) is 4.44. The van der Waals surface area contributed by atoms with E-state index in [0.29, 0.717) is 12.8 Å². The van der Waals surface area contributed by atoms with Crippen LogP contribution in [0.4, 0.5) is 0 Å². The van der Waals surface area contributed by atoms with E-state index in [0.717, 1.165) is 51.4 Å². The standard InChI is InChI=1S/C34H66O7S.K.H/c1-3-5-7-9-11-13-15-17-19-21-23-25-27-29-31(32(35)36)34(33(37)38,42(39,40)41)30-28-26-24-22-20-18-16-14-12-10-8-6-4-2;;/h31H,3-30H2,1-2H3,(H,35,36)(H,37,38)(H,39,40,41);;. The van der Waals surface area contributed by atoms with Crippen molar-refractivity contribution in [3.05, 3.63) is 0 Å². The van der Waals surface area contributed by atoms with Gasteiger partial charge in [0.25, 0.3) is 10.1 Å². The summed E-state index contributed by atoms with van der Waals surface area (Å²) in [5.74, 6) is -4.90. The summed E-state index contributed by atoms with van der Waals surface area (Å²) >= 11 is 0. The summed E-state index contributed by atoms with van der Waals surface area (Å²) in [5, 5.41) is 19.8. The van der Waals surface area contributed by atoms with Gasteiger partial charge in [-0.05, 0) is 12.8 Å². The first-order valence-electron chi connectivity index (χ1n) is 17.6. The Bertz CT molecular complexity index is 775. The summed E-state index contributed by atoms with van der Waals surface area (Å²) in [6, 6.07) is 0. The number of hydrogen-bond acceptors (Lipinski definition) is 4. The van der Waals surface area contributed by atoms with Gasteiger partial charge < -0.3 is 10.2 Å². The third-order valence-electron chi connectivity index (χ3n) is 8.93. The van der Waals surface area contributed by atoms with Crippen molar-refractivity contribution >= 4 is 73.4 Å². The third-order valence-corrected chi connectivity index (χ3v) is 10.5. The van der Waals surface area contributed by atoms with E-state index >= 15 is 0 Å². The van der Waals surface area contributed by atoms with Crippen molar-refractivity contribution in [1.29, 1.82) is 0 Å². The van der Waals surface area contributed by atoms with Gasteiger partial charge in [0.2, 0.25) is 4.75 Å². The predicted molar refractivity (Wildman–Crippen MR) is 181 cm³/mol. The first-order chi connectivity index (χ1) is 20.1. The van der Waals surface area contributed by atoms with Crippen LogP contribution in [0.15, 0.2) is 0 Å². The molecule has 43 heavy (non-hydrogen) atoms. The van der Waals surface area contributed by atoms with Gasteiger partial charge in [0.1, 0.15) is 0 Å². The number of hydrogen-bond donors (Lipinski definition) is 3. The van der Waals surface area contributed by atoms with E-state index in [1.807, 2.05) is 0 Å². The normalized spacial score (nSPS) is 13.7. The van der Waals surface area contributed by atoms with Gasteiger partial charge in [-0.25, -0.2) is 0 Å². The Hall–Kier alpha value is 0.486. The quantitative estimate of drug-likeness (QED) is 0.0373. The average molecular weight is 659 g/mol. The molecule has 2 atom stereocenters. The molecular weight excluding hydrogens is 592 g/mol. The Balaban J connectivity index is 0. The van der Waals surface area contributed by atoms with Gasteiger partial charge in [-0.1, -0.05) is 181 Å². The summed E-state index contributed by atoms with van der Waals surface area (Å²) in [6.07, 6.45) is 27.9. The van der Waals surface area contributed by atoms with E-state index in [1.54, 1.807) is 0 Å². The Morgan fingerprint density at radius 2 is 0.814 bits per heavy atom. The SMILES string of the molecule is CCCCCCCCCCCCCCCC(C(=O)O)C(CCCCCCCCCCCCCCC)(C(=O)O)S(=O)(=O)O.[KH]. The fourth-order valence-corrected chi connectivity index (χ4v) is 7.38. The molecule has 0 aromatic rings. The molecule has 0 aliphatic rings. The van der Waals surface area contributed by atoms with Gasteiger partial charge in [0.15, 0.2) is 0 Å². The summed E-state index contributed by atoms with van der Waals surface area (Å²) in [4.78, 5) is 24.4. The van der Waals surface area contributed by atoms with Gasteiger partial charge in [-0.15, -0.1) is 0 Å². The Labute approximate surface area is 307 Å². The summed E-state index contributed by atoms with van der Waals surface area (Å²) < 4.78 is 32.2. The van der Waals surface area contributed by atoms with Crippen molar-refractivity contribution in [2.45, 2.75) is 198 Å². The van der Waals surface area contributed by atoms with Crippen LogP contribution in [0.3, 0.4) is 0 Å². The molecule has 0 bridgehead atoms. The molecule has 3 N–H and O–H groups in total. The number of carbonyl (C=O) groups is 2. The van der Waals surface area contributed by atoms with Crippen molar-refractivity contribution in [3.63, 3.8) is 0 Å². The zero-order valence-corrected chi connectivity index (χ0v) is 28.1. The molecule has 0 saturated carbocycles. The van der Waals surface area contributed by atoms with Crippen molar-refractivity contribution in [1.82, 2.24) is 0 Å². The van der Waals surface area contributed by atoms with Crippen molar-refractivity contribution in [2.24, 2.45) is 5.92 Å². The van der Waals surface area contributed by atoms with Crippen molar-refractivity contribution < 1.29 is 32.8 Å². The molecule has 0 aliphatic carbocycles. The zero-order valence-electron chi connectivity index (χ0n) is 27.3. The van der Waals surface area contributed by atoms with Crippen LogP contribution in [0, 0.1) is 5.92 Å². The second-order valence-corrected chi connectivity index (χ2v) is 14.3. The number of carboxylic acids is 2. The molecule has 2 unspecified atom stereocenters. The molecule has 0 aromatic heterocycles. The van der Waals surface area contributed by atoms with E-state index < -0.39 is 32.7 Å². The van der Waals surface area contributed by atoms with E-state index in [1.165, 1.54) is 96.3 Å². The monoisotopic (exact) mass is 658 g/mol. The number of rotatable bonds is 32. The van der Waals surface area contributed by atoms with Gasteiger partial charge >= 0.3 is 63.3 Å². The molecule has 0 radical (unpaired) electrons. The van der Waals surface area contributed by atoms with Gasteiger partial charge in [0.05, 0.1) is 5.92 Å². The minimum atomic E-state index is -5.13. The summed E-state index contributed by atoms with van der Waals surface area (Å²) in [7, 11) is -5.13. The fraction of sp³-hybridized carbons (Fsp3) is 0.941. The van der Waals surface area contributed by atoms with Crippen LogP contribution in [0.1, 0.15) is 194 Å². The topological polar surface area (TPSA) is 129 Å². The molecule has 0 spiro atoms. The van der Waals surface area contributed by atoms with E-state index in [4.69, 9.17) is 0 Å². The molecule has 0 amide bonds. The molecule has 0 saturated heterocycles. The van der Waals surface area contributed by atoms with Crippen LogP contribution in [-0.4, -0.2) is 91.3 Å². The Kier molecular flexibility index (Phi) is 31.7. The van der Waals surface area contributed by atoms with Gasteiger partial charge in [0, 0.05) is 0 Å². The first-order valence-corrected chi connectivity index (χ1v) is 19.0. The maximum absolute atomic E-state index is 12.4. The van der Waals surface area contributed by atoms with Crippen LogP contribution in [0.25, 0.3) is 0 Å². The number of unbranched alkanes of at least 4 members (excludes halogenated alkanes) is 24. The number of carboxylic acid groups (broad SMARTS) is 2. The van der Waals surface area contributed by atoms with E-state index in [-0.39, 0.29) is 70.6 Å². The fourth-order valence-electron chi connectivity index (χ4n) is 6.18. The third kappa shape index (κ3) is 21.8. The van der Waals surface area contributed by atoms with E-state index in [9.17, 15) is 32.8 Å². The van der Waals surface area contributed by atoms with Crippen LogP contribution >= 0.6 is 0 Å². The predicted octanol–water partition coefficient (Wildman–Crippen LogP) is 9.71. The molecule has 0 fully saturated rings. The summed E-state index contributed by atoms with van der Waals surface area (Å²) in [5.41, 5.74) is 0. The molecular formula is C34H67KO7S. The molecule has 252 valence electrons. The minimum absolute atomic E-state index is 0. The van der Waals surface area contributed by atoms with E-state index in [2.05, 4.69) is 13.8 Å². The zero-order chi connectivity index (χ0) is 31.5. The number of aliphatic carboxylic acids is 2. The van der Waals surface area contributed by atoms with Crippen LogP contribution in [0.2, 0.25) is 0 Å². The first kappa shape index (κ1) is 45.6. The average Bonchev–Trinajstić information content (AvgIpc) is 2.93.